The average Bonchev–Trinajstić information content (AvgIpc) is 2.87. The summed E-state index contributed by atoms with van der Waals surface area (Å²) >= 11 is 3.74. The summed E-state index contributed by atoms with van der Waals surface area (Å²) in [5.74, 6) is 1.66. The average molecular weight is 330 g/mol. The summed E-state index contributed by atoms with van der Waals surface area (Å²) in [7, 11) is 2.17. The minimum absolute atomic E-state index is 0.508. The second kappa shape index (κ2) is 9.01. The van der Waals surface area contributed by atoms with Crippen LogP contribution in [0.3, 0.4) is 0 Å². The Bertz CT molecular complexity index is 418. The number of thiazole rings is 1. The molecule has 1 aromatic heterocycles. The van der Waals surface area contributed by atoms with Gasteiger partial charge in [0.05, 0.1) is 5.69 Å². The number of aromatic nitrogens is 1. The number of thioether (sulfide) groups is 1. The minimum atomic E-state index is 0.508. The smallest absolute Gasteiger partial charge is 0.185 e. The quantitative estimate of drug-likeness (QED) is 0.729. The molecule has 5 heteroatoms. The van der Waals surface area contributed by atoms with Gasteiger partial charge < -0.3 is 10.2 Å². The largest absolute Gasteiger partial charge is 0.348 e. The standard InChI is InChI=1S/C16H31N3S2/c1-8-12(4)15-14(9-17-11(2)3)21-16(18-15)19(6)13(5)10-20-7/h11-13,17H,8-10H2,1-7H3. The van der Waals surface area contributed by atoms with Crippen molar-refractivity contribution in [3.8, 4) is 0 Å². The van der Waals surface area contributed by atoms with Gasteiger partial charge in [-0.2, -0.15) is 11.8 Å². The molecule has 0 spiro atoms. The monoisotopic (exact) mass is 329 g/mol. The molecule has 1 N–H and O–H groups in total. The fraction of sp³-hybridized carbons (Fsp3) is 0.812. The lowest BCUT2D eigenvalue weighted by atomic mass is 10.0. The molecule has 1 rings (SSSR count). The first-order chi connectivity index (χ1) is 9.90. The number of hydrogen-bond donors (Lipinski definition) is 1. The van der Waals surface area contributed by atoms with Crippen LogP contribution >= 0.6 is 23.1 Å². The molecule has 21 heavy (non-hydrogen) atoms. The molecule has 2 atom stereocenters. The van der Waals surface area contributed by atoms with Crippen molar-refractivity contribution in [3.63, 3.8) is 0 Å². The van der Waals surface area contributed by atoms with E-state index in [1.807, 2.05) is 23.1 Å². The number of hydrogen-bond acceptors (Lipinski definition) is 5. The van der Waals surface area contributed by atoms with E-state index >= 15 is 0 Å². The Hall–Kier alpha value is -0.260. The van der Waals surface area contributed by atoms with Gasteiger partial charge in [-0.05, 0) is 25.5 Å². The Morgan fingerprint density at radius 2 is 1.95 bits per heavy atom. The van der Waals surface area contributed by atoms with E-state index in [-0.39, 0.29) is 0 Å². The van der Waals surface area contributed by atoms with Gasteiger partial charge in [0, 0.05) is 36.3 Å². The van der Waals surface area contributed by atoms with Gasteiger partial charge >= 0.3 is 0 Å². The number of rotatable bonds is 9. The van der Waals surface area contributed by atoms with Gasteiger partial charge in [0.2, 0.25) is 0 Å². The van der Waals surface area contributed by atoms with Crippen LogP contribution in [0.5, 0.6) is 0 Å². The summed E-state index contributed by atoms with van der Waals surface area (Å²) in [6.45, 7) is 12.1. The van der Waals surface area contributed by atoms with Gasteiger partial charge in [-0.15, -0.1) is 11.3 Å². The Morgan fingerprint density at radius 1 is 1.29 bits per heavy atom. The van der Waals surface area contributed by atoms with Gasteiger partial charge in [-0.25, -0.2) is 4.98 Å². The van der Waals surface area contributed by atoms with Crippen LogP contribution in [-0.2, 0) is 6.54 Å². The molecule has 1 aromatic rings. The van der Waals surface area contributed by atoms with Crippen LogP contribution in [0.1, 0.15) is 57.5 Å². The molecule has 0 amide bonds. The number of anilines is 1. The highest BCUT2D eigenvalue weighted by Gasteiger charge is 2.20. The molecule has 0 aliphatic carbocycles. The summed E-state index contributed by atoms with van der Waals surface area (Å²) in [5.41, 5.74) is 1.29. The van der Waals surface area contributed by atoms with E-state index in [1.54, 1.807) is 0 Å². The predicted octanol–water partition coefficient (Wildman–Crippen LogP) is 4.34. The molecule has 0 saturated heterocycles. The highest BCUT2D eigenvalue weighted by atomic mass is 32.2. The van der Waals surface area contributed by atoms with Crippen molar-refractivity contribution in [2.45, 2.75) is 65.6 Å². The summed E-state index contributed by atoms with van der Waals surface area (Å²) in [5, 5.41) is 4.70. The van der Waals surface area contributed by atoms with Crippen molar-refractivity contribution >= 4 is 28.2 Å². The van der Waals surface area contributed by atoms with Crippen LogP contribution in [0.2, 0.25) is 0 Å². The highest BCUT2D eigenvalue weighted by Crippen LogP contribution is 2.32. The fourth-order valence-electron chi connectivity index (χ4n) is 2.04. The summed E-state index contributed by atoms with van der Waals surface area (Å²) in [6, 6.07) is 1.02. The van der Waals surface area contributed by atoms with E-state index in [0.29, 0.717) is 18.0 Å². The fourth-order valence-corrected chi connectivity index (χ4v) is 3.95. The molecule has 0 aliphatic rings. The van der Waals surface area contributed by atoms with Gasteiger partial charge in [0.1, 0.15) is 0 Å². The first kappa shape index (κ1) is 18.8. The van der Waals surface area contributed by atoms with Crippen molar-refractivity contribution in [1.29, 1.82) is 0 Å². The molecule has 3 nitrogen and oxygen atoms in total. The zero-order chi connectivity index (χ0) is 16.0. The molecule has 0 aliphatic heterocycles. The first-order valence-corrected chi connectivity index (χ1v) is 10.1. The third kappa shape index (κ3) is 5.46. The van der Waals surface area contributed by atoms with E-state index in [4.69, 9.17) is 4.98 Å². The molecule has 1 heterocycles. The summed E-state index contributed by atoms with van der Waals surface area (Å²) < 4.78 is 0. The summed E-state index contributed by atoms with van der Waals surface area (Å²) in [6.07, 6.45) is 3.30. The van der Waals surface area contributed by atoms with Gasteiger partial charge in [-0.1, -0.05) is 27.7 Å². The van der Waals surface area contributed by atoms with Crippen LogP contribution in [-0.4, -0.2) is 36.1 Å². The van der Waals surface area contributed by atoms with Crippen LogP contribution in [0.15, 0.2) is 0 Å². The lowest BCUT2D eigenvalue weighted by Gasteiger charge is -2.23. The SMILES string of the molecule is CCC(C)c1nc(N(C)C(C)CSC)sc1CNC(C)C. The molecule has 0 saturated carbocycles. The third-order valence-corrected chi connectivity index (χ3v) is 5.81. The normalized spacial score (nSPS) is 14.5. The Morgan fingerprint density at radius 3 is 2.48 bits per heavy atom. The zero-order valence-electron chi connectivity index (χ0n) is 14.6. The second-order valence-electron chi connectivity index (χ2n) is 6.07. The lowest BCUT2D eigenvalue weighted by Crippen LogP contribution is -2.30. The first-order valence-electron chi connectivity index (χ1n) is 7.85. The van der Waals surface area contributed by atoms with E-state index in [2.05, 4.69) is 58.1 Å². The van der Waals surface area contributed by atoms with Crippen molar-refractivity contribution in [2.24, 2.45) is 0 Å². The molecule has 0 aromatic carbocycles. The van der Waals surface area contributed by atoms with Crippen molar-refractivity contribution in [2.75, 3.05) is 24.0 Å². The van der Waals surface area contributed by atoms with Crippen molar-refractivity contribution in [1.82, 2.24) is 10.3 Å². The van der Waals surface area contributed by atoms with Crippen LogP contribution in [0, 0.1) is 0 Å². The maximum Gasteiger partial charge on any atom is 0.185 e. The third-order valence-electron chi connectivity index (χ3n) is 3.84. The van der Waals surface area contributed by atoms with Crippen LogP contribution < -0.4 is 10.2 Å². The van der Waals surface area contributed by atoms with Crippen LogP contribution in [0.25, 0.3) is 0 Å². The lowest BCUT2D eigenvalue weighted by molar-refractivity contribution is 0.584. The molecular formula is C16H31N3S2. The topological polar surface area (TPSA) is 28.2 Å². The molecule has 0 fully saturated rings. The molecule has 0 bridgehead atoms. The van der Waals surface area contributed by atoms with E-state index in [1.165, 1.54) is 10.6 Å². The van der Waals surface area contributed by atoms with Gasteiger partial charge in [0.15, 0.2) is 5.13 Å². The summed E-state index contributed by atoms with van der Waals surface area (Å²) in [4.78, 5) is 8.68. The highest BCUT2D eigenvalue weighted by molar-refractivity contribution is 7.98. The molecule has 0 radical (unpaired) electrons. The van der Waals surface area contributed by atoms with Gasteiger partial charge in [0.25, 0.3) is 0 Å². The number of nitrogens with one attached hydrogen (secondary N) is 1. The zero-order valence-corrected chi connectivity index (χ0v) is 16.2. The van der Waals surface area contributed by atoms with Gasteiger partial charge in [-0.3, -0.25) is 0 Å². The van der Waals surface area contributed by atoms with Crippen molar-refractivity contribution in [3.05, 3.63) is 10.6 Å². The second-order valence-corrected chi connectivity index (χ2v) is 8.04. The Kier molecular flexibility index (Phi) is 8.06. The van der Waals surface area contributed by atoms with E-state index < -0.39 is 0 Å². The minimum Gasteiger partial charge on any atom is -0.348 e. The maximum absolute atomic E-state index is 4.96. The Balaban J connectivity index is 2.95. The predicted molar refractivity (Wildman–Crippen MR) is 99.0 cm³/mol. The Labute approximate surface area is 138 Å². The maximum atomic E-state index is 4.96. The number of nitrogens with zero attached hydrogens (tertiary/aromatic N) is 2. The van der Waals surface area contributed by atoms with E-state index in [9.17, 15) is 0 Å². The molecule has 2 unspecified atom stereocenters. The molecule has 122 valence electrons. The van der Waals surface area contributed by atoms with Crippen molar-refractivity contribution < 1.29 is 0 Å². The molecular weight excluding hydrogens is 298 g/mol. The van der Waals surface area contributed by atoms with Crippen LogP contribution in [0.4, 0.5) is 5.13 Å². The van der Waals surface area contributed by atoms with E-state index in [0.717, 1.165) is 23.8 Å².